The van der Waals surface area contributed by atoms with Crippen molar-refractivity contribution >= 4 is 0 Å². The van der Waals surface area contributed by atoms with Crippen LogP contribution < -0.4 is 0 Å². The fraction of sp³-hybridized carbons (Fsp3) is 0.538. The van der Waals surface area contributed by atoms with E-state index in [1.54, 1.807) is 19.1 Å². The summed E-state index contributed by atoms with van der Waals surface area (Å²) in [5.41, 5.74) is -4.24. The molecule has 5 nitrogen and oxygen atoms in total. The minimum absolute atomic E-state index is 0.272. The van der Waals surface area contributed by atoms with Crippen LogP contribution in [0.15, 0.2) is 12.2 Å². The monoisotopic (exact) mass is 238 g/mol. The van der Waals surface area contributed by atoms with E-state index in [0.717, 1.165) is 0 Å². The Bertz CT molecular complexity index is 516. The number of nitrogens with zero attached hydrogens (tertiary/aromatic N) is 4. The Balaban J connectivity index is 2.83. The van der Waals surface area contributed by atoms with Gasteiger partial charge in [0.25, 0.3) is 0 Å². The number of fused-ring (bicyclic) bond motifs is 2. The third-order valence-corrected chi connectivity index (χ3v) is 4.52. The van der Waals surface area contributed by atoms with Gasteiger partial charge < -0.3 is 5.11 Å². The fourth-order valence-corrected chi connectivity index (χ4v) is 3.50. The molecule has 2 unspecified atom stereocenters. The van der Waals surface area contributed by atoms with E-state index in [1.165, 1.54) is 0 Å². The summed E-state index contributed by atoms with van der Waals surface area (Å²) in [7, 11) is 0. The number of rotatable bonds is 1. The highest BCUT2D eigenvalue weighted by Crippen LogP contribution is 2.70. The molecule has 88 valence electrons. The van der Waals surface area contributed by atoms with Gasteiger partial charge in [0, 0.05) is 23.9 Å². The topological polar surface area (TPSA) is 115 Å². The average molecular weight is 238 g/mol. The van der Waals surface area contributed by atoms with Crippen LogP contribution in [-0.4, -0.2) is 11.7 Å². The molecule has 0 heterocycles. The SMILES string of the molecule is CC1(CO)C2C=CC1C(C#N)(C#N)C2(C#N)C#N. The van der Waals surface area contributed by atoms with Gasteiger partial charge >= 0.3 is 0 Å². The molecule has 0 aromatic carbocycles. The van der Waals surface area contributed by atoms with E-state index >= 15 is 0 Å². The summed E-state index contributed by atoms with van der Waals surface area (Å²) in [5, 5.41) is 47.1. The molecular formula is C13H10N4O. The second-order valence-electron chi connectivity index (χ2n) is 5.07. The second kappa shape index (κ2) is 3.33. The molecule has 0 spiro atoms. The van der Waals surface area contributed by atoms with Crippen LogP contribution in [-0.2, 0) is 0 Å². The van der Waals surface area contributed by atoms with Crippen molar-refractivity contribution in [2.75, 3.05) is 6.61 Å². The van der Waals surface area contributed by atoms with E-state index in [4.69, 9.17) is 0 Å². The number of hydrogen-bond acceptors (Lipinski definition) is 5. The molecule has 0 aromatic rings. The van der Waals surface area contributed by atoms with Crippen LogP contribution in [0.5, 0.6) is 0 Å². The lowest BCUT2D eigenvalue weighted by Crippen LogP contribution is -2.41. The van der Waals surface area contributed by atoms with E-state index < -0.39 is 28.1 Å². The molecule has 0 saturated heterocycles. The summed E-state index contributed by atoms with van der Waals surface area (Å²) in [6.07, 6.45) is 3.36. The first-order valence-corrected chi connectivity index (χ1v) is 5.47. The van der Waals surface area contributed by atoms with Crippen molar-refractivity contribution in [2.45, 2.75) is 6.92 Å². The Morgan fingerprint density at radius 3 is 1.50 bits per heavy atom. The molecule has 1 saturated carbocycles. The Labute approximate surface area is 105 Å². The van der Waals surface area contributed by atoms with Crippen molar-refractivity contribution in [1.29, 1.82) is 21.0 Å². The van der Waals surface area contributed by atoms with Crippen LogP contribution in [0.3, 0.4) is 0 Å². The standard InChI is InChI=1S/C13H10N4O/c1-11(8-18)9-2-3-10(11)13(6-16,7-17)12(9,4-14)5-15/h2-3,9-10,18H,8H2,1H3. The largest absolute Gasteiger partial charge is 0.396 e. The van der Waals surface area contributed by atoms with Crippen LogP contribution in [0.25, 0.3) is 0 Å². The van der Waals surface area contributed by atoms with Crippen LogP contribution in [0.2, 0.25) is 0 Å². The second-order valence-corrected chi connectivity index (χ2v) is 5.07. The quantitative estimate of drug-likeness (QED) is 0.680. The zero-order chi connectivity index (χ0) is 13.6. The lowest BCUT2D eigenvalue weighted by Gasteiger charge is -2.31. The summed E-state index contributed by atoms with van der Waals surface area (Å²) in [6, 6.07) is 7.49. The number of nitriles is 4. The van der Waals surface area contributed by atoms with Crippen LogP contribution in [0.1, 0.15) is 6.92 Å². The maximum Gasteiger partial charge on any atom is 0.182 e. The molecule has 18 heavy (non-hydrogen) atoms. The summed E-state index contributed by atoms with van der Waals surface area (Å²) in [4.78, 5) is 0. The zero-order valence-electron chi connectivity index (χ0n) is 9.75. The van der Waals surface area contributed by atoms with Gasteiger partial charge in [-0.3, -0.25) is 0 Å². The lowest BCUT2D eigenvalue weighted by atomic mass is 9.61. The van der Waals surface area contributed by atoms with Crippen molar-refractivity contribution in [2.24, 2.45) is 28.1 Å². The summed E-state index contributed by atoms with van der Waals surface area (Å²) >= 11 is 0. The molecule has 0 radical (unpaired) electrons. The van der Waals surface area contributed by atoms with Gasteiger partial charge in [0.1, 0.15) is 0 Å². The fourth-order valence-electron chi connectivity index (χ4n) is 3.50. The lowest BCUT2D eigenvalue weighted by molar-refractivity contribution is 0.0940. The van der Waals surface area contributed by atoms with E-state index in [9.17, 15) is 26.2 Å². The average Bonchev–Trinajstić information content (AvgIpc) is 2.85. The highest BCUT2D eigenvalue weighted by molar-refractivity contribution is 5.49. The molecule has 0 aromatic heterocycles. The summed E-state index contributed by atoms with van der Waals surface area (Å²) in [6.45, 7) is 1.44. The summed E-state index contributed by atoms with van der Waals surface area (Å²) < 4.78 is 0. The molecule has 2 aliphatic carbocycles. The molecule has 1 fully saturated rings. The molecule has 1 N–H and O–H groups in total. The van der Waals surface area contributed by atoms with Crippen molar-refractivity contribution in [3.63, 3.8) is 0 Å². The molecular weight excluding hydrogens is 228 g/mol. The van der Waals surface area contributed by atoms with Crippen molar-refractivity contribution in [1.82, 2.24) is 0 Å². The van der Waals surface area contributed by atoms with Crippen molar-refractivity contribution in [3.8, 4) is 24.3 Å². The predicted octanol–water partition coefficient (Wildman–Crippen LogP) is 0.868. The summed E-state index contributed by atoms with van der Waals surface area (Å²) in [5.74, 6) is -1.21. The molecule has 2 aliphatic rings. The van der Waals surface area contributed by atoms with Gasteiger partial charge in [0.2, 0.25) is 0 Å². The molecule has 2 rings (SSSR count). The minimum atomic E-state index is -1.71. The molecule has 2 atom stereocenters. The van der Waals surface area contributed by atoms with Gasteiger partial charge in [-0.05, 0) is 0 Å². The third-order valence-electron chi connectivity index (χ3n) is 4.52. The Kier molecular flexibility index (Phi) is 2.24. The van der Waals surface area contributed by atoms with Gasteiger partial charge in [0.15, 0.2) is 10.8 Å². The highest BCUT2D eigenvalue weighted by atomic mass is 16.3. The smallest absolute Gasteiger partial charge is 0.182 e. The van der Waals surface area contributed by atoms with Crippen molar-refractivity contribution in [3.05, 3.63) is 12.2 Å². The predicted molar refractivity (Wildman–Crippen MR) is 58.6 cm³/mol. The Morgan fingerprint density at radius 1 is 0.944 bits per heavy atom. The van der Waals surface area contributed by atoms with E-state index in [-0.39, 0.29) is 6.61 Å². The maximum absolute atomic E-state index is 9.57. The number of hydrogen-bond donors (Lipinski definition) is 1. The first-order chi connectivity index (χ1) is 8.52. The Morgan fingerprint density at radius 2 is 1.28 bits per heavy atom. The molecule has 5 heteroatoms. The van der Waals surface area contributed by atoms with Gasteiger partial charge in [-0.2, -0.15) is 21.0 Å². The third kappa shape index (κ3) is 0.853. The van der Waals surface area contributed by atoms with Crippen LogP contribution in [0, 0.1) is 73.4 Å². The number of allylic oxidation sites excluding steroid dienone is 2. The van der Waals surface area contributed by atoms with Crippen molar-refractivity contribution < 1.29 is 5.11 Å². The van der Waals surface area contributed by atoms with Crippen LogP contribution >= 0.6 is 0 Å². The molecule has 2 bridgehead atoms. The van der Waals surface area contributed by atoms with Gasteiger partial charge in [-0.25, -0.2) is 0 Å². The van der Waals surface area contributed by atoms with E-state index in [1.807, 2.05) is 24.3 Å². The maximum atomic E-state index is 9.57. The first kappa shape index (κ1) is 12.1. The highest BCUT2D eigenvalue weighted by Gasteiger charge is 2.77. The normalized spacial score (nSPS) is 37.2. The first-order valence-electron chi connectivity index (χ1n) is 5.47. The van der Waals surface area contributed by atoms with Gasteiger partial charge in [-0.1, -0.05) is 19.1 Å². The molecule has 0 amide bonds. The van der Waals surface area contributed by atoms with E-state index in [0.29, 0.717) is 0 Å². The van der Waals surface area contributed by atoms with Gasteiger partial charge in [-0.15, -0.1) is 0 Å². The minimum Gasteiger partial charge on any atom is -0.396 e. The number of aliphatic hydroxyl groups excluding tert-OH is 1. The Hall–Kier alpha value is -2.34. The van der Waals surface area contributed by atoms with E-state index in [2.05, 4.69) is 0 Å². The zero-order valence-corrected chi connectivity index (χ0v) is 9.75. The number of aliphatic hydroxyl groups is 1. The molecule has 0 aliphatic heterocycles. The van der Waals surface area contributed by atoms with Gasteiger partial charge in [0.05, 0.1) is 24.3 Å². The van der Waals surface area contributed by atoms with Crippen LogP contribution in [0.4, 0.5) is 0 Å².